The van der Waals surface area contributed by atoms with E-state index < -0.39 is 0 Å². The second kappa shape index (κ2) is 8.85. The molecule has 2 aromatic carbocycles. The molecule has 0 aliphatic rings. The average molecular weight is 360 g/mol. The van der Waals surface area contributed by atoms with Crippen molar-refractivity contribution in [2.24, 2.45) is 5.41 Å². The fourth-order valence-electron chi connectivity index (χ4n) is 3.07. The summed E-state index contributed by atoms with van der Waals surface area (Å²) < 4.78 is 6.03. The van der Waals surface area contributed by atoms with Gasteiger partial charge < -0.3 is 4.74 Å². The third-order valence-electron chi connectivity index (χ3n) is 4.55. The number of hydrogen-bond acceptors (Lipinski definition) is 2. The summed E-state index contributed by atoms with van der Waals surface area (Å²) in [5.74, 6) is 0.700. The lowest BCUT2D eigenvalue weighted by Crippen LogP contribution is -2.06. The van der Waals surface area contributed by atoms with E-state index in [9.17, 15) is 0 Å². The number of unbranched alkanes of at least 4 members (excludes halogenated alkanes) is 1. The minimum Gasteiger partial charge on any atom is -0.478 e. The zero-order valence-electron chi connectivity index (χ0n) is 16.6. The van der Waals surface area contributed by atoms with Crippen molar-refractivity contribution >= 4 is 0 Å². The van der Waals surface area contributed by atoms with Gasteiger partial charge in [-0.1, -0.05) is 81.4 Å². The molecule has 0 bridgehead atoms. The first-order chi connectivity index (χ1) is 13.0. The summed E-state index contributed by atoms with van der Waals surface area (Å²) >= 11 is 0. The Bertz CT molecular complexity index is 777. The summed E-state index contributed by atoms with van der Waals surface area (Å²) in [4.78, 5) is 4.75. The fourth-order valence-corrected chi connectivity index (χ4v) is 3.07. The van der Waals surface area contributed by atoms with Crippen molar-refractivity contribution < 1.29 is 4.74 Å². The number of pyridine rings is 1. The van der Waals surface area contributed by atoms with E-state index in [1.165, 1.54) is 18.4 Å². The van der Waals surface area contributed by atoms with Crippen molar-refractivity contribution in [2.75, 3.05) is 6.61 Å². The Morgan fingerprint density at radius 1 is 0.741 bits per heavy atom. The second-order valence-corrected chi connectivity index (χ2v) is 8.18. The van der Waals surface area contributed by atoms with Gasteiger partial charge in [-0.05, 0) is 41.9 Å². The Balaban J connectivity index is 1.78. The van der Waals surface area contributed by atoms with Crippen molar-refractivity contribution in [3.05, 3.63) is 72.8 Å². The molecule has 0 N–H and O–H groups in total. The van der Waals surface area contributed by atoms with Gasteiger partial charge >= 0.3 is 0 Å². The van der Waals surface area contributed by atoms with Gasteiger partial charge in [0.1, 0.15) is 0 Å². The number of aromatic nitrogens is 1. The standard InChI is InChI=1S/C25H29NO/c1-25(2,3)16-10-11-17-27-24-19-22(20-12-6-4-7-13-20)18-23(26-24)21-14-8-5-9-15-21/h4-9,12-15,18-19H,10-11,16-17H2,1-3H3. The Labute approximate surface area is 163 Å². The van der Waals surface area contributed by atoms with Gasteiger partial charge in [-0.2, -0.15) is 0 Å². The lowest BCUT2D eigenvalue weighted by Gasteiger charge is -2.17. The molecule has 1 heterocycles. The van der Waals surface area contributed by atoms with Crippen LogP contribution in [0.1, 0.15) is 40.0 Å². The molecule has 27 heavy (non-hydrogen) atoms. The SMILES string of the molecule is CC(C)(C)CCCCOc1cc(-c2ccccc2)cc(-c2ccccc2)n1. The molecule has 0 spiro atoms. The minimum absolute atomic E-state index is 0.381. The van der Waals surface area contributed by atoms with Gasteiger partial charge in [0.05, 0.1) is 12.3 Å². The summed E-state index contributed by atoms with van der Waals surface area (Å²) in [7, 11) is 0. The predicted molar refractivity (Wildman–Crippen MR) is 114 cm³/mol. The molecule has 0 fully saturated rings. The molecule has 0 saturated heterocycles. The van der Waals surface area contributed by atoms with E-state index in [0.29, 0.717) is 17.9 Å². The third kappa shape index (κ3) is 5.96. The number of ether oxygens (including phenoxy) is 1. The van der Waals surface area contributed by atoms with Crippen LogP contribution in [0.25, 0.3) is 22.4 Å². The van der Waals surface area contributed by atoms with E-state index in [0.717, 1.165) is 23.2 Å². The molecule has 0 saturated carbocycles. The topological polar surface area (TPSA) is 22.1 Å². The predicted octanol–water partition coefficient (Wildman–Crippen LogP) is 7.01. The van der Waals surface area contributed by atoms with Crippen LogP contribution >= 0.6 is 0 Å². The van der Waals surface area contributed by atoms with E-state index in [4.69, 9.17) is 9.72 Å². The maximum absolute atomic E-state index is 6.03. The van der Waals surface area contributed by atoms with Crippen LogP contribution in [-0.4, -0.2) is 11.6 Å². The Morgan fingerprint density at radius 2 is 1.37 bits per heavy atom. The molecule has 2 heteroatoms. The summed E-state index contributed by atoms with van der Waals surface area (Å²) in [6.07, 6.45) is 3.44. The normalized spacial score (nSPS) is 11.4. The van der Waals surface area contributed by atoms with Crippen LogP contribution in [0.2, 0.25) is 0 Å². The van der Waals surface area contributed by atoms with Crippen molar-refractivity contribution in [1.29, 1.82) is 0 Å². The molecule has 2 nitrogen and oxygen atoms in total. The molecular formula is C25H29NO. The largest absolute Gasteiger partial charge is 0.478 e. The fraction of sp³-hybridized carbons (Fsp3) is 0.320. The van der Waals surface area contributed by atoms with Crippen LogP contribution < -0.4 is 4.74 Å². The number of nitrogens with zero attached hydrogens (tertiary/aromatic N) is 1. The lowest BCUT2D eigenvalue weighted by molar-refractivity contribution is 0.277. The first-order valence-electron chi connectivity index (χ1n) is 9.77. The molecule has 1 aromatic heterocycles. The van der Waals surface area contributed by atoms with E-state index >= 15 is 0 Å². The Kier molecular flexibility index (Phi) is 6.28. The van der Waals surface area contributed by atoms with Crippen molar-refractivity contribution in [1.82, 2.24) is 4.98 Å². The zero-order chi connectivity index (χ0) is 19.1. The first-order valence-corrected chi connectivity index (χ1v) is 9.77. The molecular weight excluding hydrogens is 330 g/mol. The molecule has 0 unspecified atom stereocenters. The summed E-state index contributed by atoms with van der Waals surface area (Å²) in [5.41, 5.74) is 4.74. The van der Waals surface area contributed by atoms with Crippen LogP contribution in [0.5, 0.6) is 5.88 Å². The quantitative estimate of drug-likeness (QED) is 0.423. The highest BCUT2D eigenvalue weighted by atomic mass is 16.5. The van der Waals surface area contributed by atoms with E-state index in [2.05, 4.69) is 63.2 Å². The highest BCUT2D eigenvalue weighted by Gasteiger charge is 2.10. The van der Waals surface area contributed by atoms with Gasteiger partial charge in [0, 0.05) is 11.6 Å². The lowest BCUT2D eigenvalue weighted by atomic mass is 9.90. The highest BCUT2D eigenvalue weighted by Crippen LogP contribution is 2.29. The van der Waals surface area contributed by atoms with E-state index in [-0.39, 0.29) is 0 Å². The highest BCUT2D eigenvalue weighted by molar-refractivity contribution is 5.71. The Morgan fingerprint density at radius 3 is 2.00 bits per heavy atom. The van der Waals surface area contributed by atoms with Crippen molar-refractivity contribution in [2.45, 2.75) is 40.0 Å². The maximum atomic E-state index is 6.03. The van der Waals surface area contributed by atoms with Crippen LogP contribution in [0.4, 0.5) is 0 Å². The van der Waals surface area contributed by atoms with Gasteiger partial charge in [-0.3, -0.25) is 0 Å². The first kappa shape index (κ1) is 19.2. The molecule has 3 rings (SSSR count). The Hall–Kier alpha value is -2.61. The summed E-state index contributed by atoms with van der Waals surface area (Å²) in [6.45, 7) is 7.55. The molecule has 0 radical (unpaired) electrons. The van der Waals surface area contributed by atoms with Crippen LogP contribution in [0, 0.1) is 5.41 Å². The maximum Gasteiger partial charge on any atom is 0.214 e. The number of hydrogen-bond donors (Lipinski definition) is 0. The van der Waals surface area contributed by atoms with Gasteiger partial charge in [-0.25, -0.2) is 4.98 Å². The number of benzene rings is 2. The van der Waals surface area contributed by atoms with E-state index in [1.807, 2.05) is 30.3 Å². The molecule has 3 aromatic rings. The smallest absolute Gasteiger partial charge is 0.214 e. The van der Waals surface area contributed by atoms with E-state index in [1.54, 1.807) is 0 Å². The van der Waals surface area contributed by atoms with Crippen molar-refractivity contribution in [3.8, 4) is 28.3 Å². The summed E-state index contributed by atoms with van der Waals surface area (Å²) in [6, 6.07) is 24.9. The monoisotopic (exact) mass is 359 g/mol. The third-order valence-corrected chi connectivity index (χ3v) is 4.55. The van der Waals surface area contributed by atoms with Gasteiger partial charge in [0.15, 0.2) is 0 Å². The zero-order valence-corrected chi connectivity index (χ0v) is 16.6. The molecule has 0 amide bonds. The average Bonchev–Trinajstić information content (AvgIpc) is 2.68. The van der Waals surface area contributed by atoms with Gasteiger partial charge in [0.25, 0.3) is 0 Å². The molecule has 0 atom stereocenters. The number of rotatable bonds is 7. The molecule has 140 valence electrons. The van der Waals surface area contributed by atoms with Gasteiger partial charge in [0.2, 0.25) is 5.88 Å². The van der Waals surface area contributed by atoms with Crippen molar-refractivity contribution in [3.63, 3.8) is 0 Å². The molecule has 0 aliphatic heterocycles. The summed E-state index contributed by atoms with van der Waals surface area (Å²) in [5, 5.41) is 0. The van der Waals surface area contributed by atoms with Crippen LogP contribution in [-0.2, 0) is 0 Å². The second-order valence-electron chi connectivity index (χ2n) is 8.18. The van der Waals surface area contributed by atoms with Gasteiger partial charge in [-0.15, -0.1) is 0 Å². The minimum atomic E-state index is 0.381. The molecule has 0 aliphatic carbocycles. The van der Waals surface area contributed by atoms with Crippen LogP contribution in [0.3, 0.4) is 0 Å². The van der Waals surface area contributed by atoms with Crippen LogP contribution in [0.15, 0.2) is 72.8 Å².